The van der Waals surface area contributed by atoms with Crippen LogP contribution in [0.15, 0.2) is 54.6 Å². The Hall–Kier alpha value is -3.36. The van der Waals surface area contributed by atoms with Crippen molar-refractivity contribution in [2.75, 3.05) is 6.54 Å². The van der Waals surface area contributed by atoms with Gasteiger partial charge in [0, 0.05) is 24.8 Å². The number of amides is 1. The molecule has 38 heavy (non-hydrogen) atoms. The molecule has 0 unspecified atom stereocenters. The number of halogens is 2. The lowest BCUT2D eigenvalue weighted by Gasteiger charge is -2.25. The van der Waals surface area contributed by atoms with Crippen molar-refractivity contribution in [3.63, 3.8) is 0 Å². The molecule has 4 N–H and O–H groups in total. The molecule has 1 aromatic heterocycles. The molecule has 1 heterocycles. The topological polar surface area (TPSA) is 94.5 Å². The minimum absolute atomic E-state index is 0.0307. The molecule has 1 amide bonds. The molecule has 8 heteroatoms. The van der Waals surface area contributed by atoms with Crippen molar-refractivity contribution < 1.29 is 23.8 Å². The molecular formula is C30H37F2N3O3. The van der Waals surface area contributed by atoms with E-state index in [9.17, 15) is 23.8 Å². The quantitative estimate of drug-likeness (QED) is 0.291. The Morgan fingerprint density at radius 3 is 2.34 bits per heavy atom. The van der Waals surface area contributed by atoms with Crippen LogP contribution in [-0.4, -0.2) is 39.8 Å². The van der Waals surface area contributed by atoms with Gasteiger partial charge in [-0.3, -0.25) is 4.79 Å². The Labute approximate surface area is 223 Å². The number of hydrogen-bond acceptors (Lipinski definition) is 5. The number of aromatic hydroxyl groups is 1. The highest BCUT2D eigenvalue weighted by Crippen LogP contribution is 2.23. The molecule has 0 spiro atoms. The van der Waals surface area contributed by atoms with E-state index in [4.69, 9.17) is 0 Å². The number of rotatable bonds is 11. The van der Waals surface area contributed by atoms with Crippen LogP contribution >= 0.6 is 0 Å². The highest BCUT2D eigenvalue weighted by molar-refractivity contribution is 5.95. The summed E-state index contributed by atoms with van der Waals surface area (Å²) in [7, 11) is 0. The van der Waals surface area contributed by atoms with Crippen LogP contribution in [0.1, 0.15) is 60.6 Å². The first-order chi connectivity index (χ1) is 17.9. The van der Waals surface area contributed by atoms with Gasteiger partial charge < -0.3 is 20.8 Å². The summed E-state index contributed by atoms with van der Waals surface area (Å²) >= 11 is 0. The number of aliphatic hydroxyl groups is 1. The highest BCUT2D eigenvalue weighted by atomic mass is 19.1. The minimum atomic E-state index is -1.10. The lowest BCUT2D eigenvalue weighted by atomic mass is 9.90. The maximum atomic E-state index is 13.8. The van der Waals surface area contributed by atoms with Gasteiger partial charge in [0.2, 0.25) is 0 Å². The zero-order chi connectivity index (χ0) is 27.9. The monoisotopic (exact) mass is 525 g/mol. The summed E-state index contributed by atoms with van der Waals surface area (Å²) in [4.78, 5) is 17.5. The number of aryl methyl sites for hydroxylation is 1. The van der Waals surface area contributed by atoms with Crippen LogP contribution in [-0.2, 0) is 25.8 Å². The van der Waals surface area contributed by atoms with E-state index < -0.39 is 29.7 Å². The molecule has 3 rings (SSSR count). The molecule has 0 radical (unpaired) electrons. The first-order valence-corrected chi connectivity index (χ1v) is 12.8. The van der Waals surface area contributed by atoms with E-state index in [-0.39, 0.29) is 35.4 Å². The maximum absolute atomic E-state index is 13.8. The number of carbonyl (C=O) groups is 1. The van der Waals surface area contributed by atoms with Crippen LogP contribution in [0, 0.1) is 17.0 Å². The average molecular weight is 526 g/mol. The number of aromatic nitrogens is 1. The summed E-state index contributed by atoms with van der Waals surface area (Å²) in [6, 6.07) is 13.3. The van der Waals surface area contributed by atoms with Crippen molar-refractivity contribution in [2.24, 2.45) is 5.41 Å². The molecule has 0 saturated carbocycles. The van der Waals surface area contributed by atoms with Crippen LogP contribution in [0.5, 0.6) is 5.75 Å². The van der Waals surface area contributed by atoms with Crippen LogP contribution in [0.25, 0.3) is 0 Å². The van der Waals surface area contributed by atoms with Gasteiger partial charge in [-0.2, -0.15) is 0 Å². The summed E-state index contributed by atoms with van der Waals surface area (Å²) in [6.45, 7) is 8.80. The third kappa shape index (κ3) is 8.89. The summed E-state index contributed by atoms with van der Waals surface area (Å²) < 4.78 is 27.7. The molecule has 3 aromatic rings. The second-order valence-corrected chi connectivity index (χ2v) is 10.8. The van der Waals surface area contributed by atoms with Gasteiger partial charge in [-0.25, -0.2) is 13.8 Å². The zero-order valence-electron chi connectivity index (χ0n) is 22.4. The van der Waals surface area contributed by atoms with E-state index in [1.54, 1.807) is 6.07 Å². The van der Waals surface area contributed by atoms with E-state index >= 15 is 0 Å². The second-order valence-electron chi connectivity index (χ2n) is 10.8. The first kappa shape index (κ1) is 29.2. The predicted octanol–water partition coefficient (Wildman–Crippen LogP) is 4.71. The molecule has 0 aliphatic carbocycles. The number of carbonyl (C=O) groups excluding carboxylic acids is 1. The van der Waals surface area contributed by atoms with Crippen molar-refractivity contribution >= 4 is 5.91 Å². The second kappa shape index (κ2) is 12.9. The smallest absolute Gasteiger partial charge is 0.274 e. The van der Waals surface area contributed by atoms with Crippen LogP contribution in [0.2, 0.25) is 0 Å². The Morgan fingerprint density at radius 1 is 1.00 bits per heavy atom. The normalized spacial score (nSPS) is 13.2. The van der Waals surface area contributed by atoms with Gasteiger partial charge in [-0.05, 0) is 65.6 Å². The SMILES string of the molecule is CCc1cccc(CNC[C@H](O)[C@H](Cc2cc(F)cc(F)c2)NC(=O)c2nc(CC(C)(C)C)ccc2O)c1. The van der Waals surface area contributed by atoms with E-state index in [0.29, 0.717) is 18.7 Å². The van der Waals surface area contributed by atoms with Gasteiger partial charge in [-0.1, -0.05) is 52.0 Å². The fourth-order valence-corrected chi connectivity index (χ4v) is 4.27. The molecule has 2 atom stereocenters. The Bertz CT molecular complexity index is 1220. The van der Waals surface area contributed by atoms with Crippen molar-refractivity contribution in [1.29, 1.82) is 0 Å². The van der Waals surface area contributed by atoms with Gasteiger partial charge >= 0.3 is 0 Å². The Balaban J connectivity index is 1.77. The summed E-state index contributed by atoms with van der Waals surface area (Å²) in [5, 5.41) is 27.3. The summed E-state index contributed by atoms with van der Waals surface area (Å²) in [5.41, 5.74) is 2.92. The lowest BCUT2D eigenvalue weighted by molar-refractivity contribution is 0.0822. The number of hydrogen-bond donors (Lipinski definition) is 4. The molecule has 0 aliphatic heterocycles. The van der Waals surface area contributed by atoms with Gasteiger partial charge in [0.05, 0.1) is 12.1 Å². The predicted molar refractivity (Wildman–Crippen MR) is 144 cm³/mol. The van der Waals surface area contributed by atoms with E-state index in [1.807, 2.05) is 39.0 Å². The molecular weight excluding hydrogens is 488 g/mol. The number of pyridine rings is 1. The molecule has 0 aliphatic rings. The van der Waals surface area contributed by atoms with Crippen LogP contribution < -0.4 is 10.6 Å². The summed E-state index contributed by atoms with van der Waals surface area (Å²) in [6.07, 6.45) is 0.370. The van der Waals surface area contributed by atoms with Crippen LogP contribution in [0.3, 0.4) is 0 Å². The first-order valence-electron chi connectivity index (χ1n) is 12.8. The zero-order valence-corrected chi connectivity index (χ0v) is 22.4. The fourth-order valence-electron chi connectivity index (χ4n) is 4.27. The van der Waals surface area contributed by atoms with Gasteiger partial charge in [-0.15, -0.1) is 0 Å². The lowest BCUT2D eigenvalue weighted by Crippen LogP contribution is -2.49. The maximum Gasteiger partial charge on any atom is 0.274 e. The standard InChI is InChI=1S/C30H37F2N3O3/c1-5-19-7-6-8-20(11-19)17-33-18-27(37)25(14-21-12-22(31)15-23(32)13-21)35-29(38)28-26(36)10-9-24(34-28)16-30(2,3)4/h6-13,15,25,27,33,36-37H,5,14,16-18H2,1-4H3,(H,35,38)/t25-,27-/m0/s1. The van der Waals surface area contributed by atoms with Crippen molar-refractivity contribution in [1.82, 2.24) is 15.6 Å². The molecule has 204 valence electrons. The van der Waals surface area contributed by atoms with Gasteiger partial charge in [0.25, 0.3) is 5.91 Å². The van der Waals surface area contributed by atoms with E-state index in [1.165, 1.54) is 11.6 Å². The van der Waals surface area contributed by atoms with E-state index in [0.717, 1.165) is 30.2 Å². The molecule has 0 fully saturated rings. The number of nitrogens with zero attached hydrogens (tertiary/aromatic N) is 1. The third-order valence-electron chi connectivity index (χ3n) is 6.10. The summed E-state index contributed by atoms with van der Waals surface area (Å²) in [5.74, 6) is -2.47. The Kier molecular flexibility index (Phi) is 9.94. The largest absolute Gasteiger partial charge is 0.505 e. The van der Waals surface area contributed by atoms with Crippen molar-refractivity contribution in [2.45, 2.75) is 65.6 Å². The Morgan fingerprint density at radius 2 is 1.68 bits per heavy atom. The number of benzene rings is 2. The van der Waals surface area contributed by atoms with Gasteiger partial charge in [0.15, 0.2) is 5.69 Å². The van der Waals surface area contributed by atoms with E-state index in [2.05, 4.69) is 28.6 Å². The fraction of sp³-hybridized carbons (Fsp3) is 0.400. The molecule has 2 aromatic carbocycles. The third-order valence-corrected chi connectivity index (χ3v) is 6.10. The molecule has 0 saturated heterocycles. The van der Waals surface area contributed by atoms with Crippen molar-refractivity contribution in [3.05, 3.63) is 94.3 Å². The number of aliphatic hydroxyl groups excluding tert-OH is 1. The van der Waals surface area contributed by atoms with Crippen molar-refractivity contribution in [3.8, 4) is 5.75 Å². The average Bonchev–Trinajstić information content (AvgIpc) is 2.83. The molecule has 0 bridgehead atoms. The number of nitrogens with one attached hydrogen (secondary N) is 2. The molecule has 6 nitrogen and oxygen atoms in total. The minimum Gasteiger partial charge on any atom is -0.505 e. The highest BCUT2D eigenvalue weighted by Gasteiger charge is 2.25. The van der Waals surface area contributed by atoms with Gasteiger partial charge in [0.1, 0.15) is 17.4 Å². The van der Waals surface area contributed by atoms with Crippen LogP contribution in [0.4, 0.5) is 8.78 Å².